The van der Waals surface area contributed by atoms with Crippen molar-refractivity contribution in [1.29, 1.82) is 5.26 Å². The van der Waals surface area contributed by atoms with Gasteiger partial charge < -0.3 is 14.6 Å². The molecule has 1 aliphatic heterocycles. The molecule has 0 saturated carbocycles. The van der Waals surface area contributed by atoms with Gasteiger partial charge in [-0.05, 0) is 95.0 Å². The van der Waals surface area contributed by atoms with Gasteiger partial charge in [0, 0.05) is 54.1 Å². The Hall–Kier alpha value is -4.16. The maximum Gasteiger partial charge on any atom is 0.414 e. The van der Waals surface area contributed by atoms with Crippen molar-refractivity contribution in [2.75, 3.05) is 19.6 Å². The number of aromatic nitrogens is 2. The van der Waals surface area contributed by atoms with Gasteiger partial charge in [0.25, 0.3) is 0 Å². The molecule has 2 N–H and O–H groups in total. The van der Waals surface area contributed by atoms with Crippen molar-refractivity contribution >= 4 is 33.6 Å². The van der Waals surface area contributed by atoms with Gasteiger partial charge in [-0.3, -0.25) is 15.3 Å². The van der Waals surface area contributed by atoms with Crippen LogP contribution in [0.15, 0.2) is 53.8 Å². The van der Waals surface area contributed by atoms with E-state index in [9.17, 15) is 10.1 Å². The standard InChI is InChI=1S/C35H42N6O2S/c1-21(2)43-34(42)40-33(41-13-10-26(19-41)25-8-11-37-12-9-25)38-18-24(5)30-28-17-29(35(6,7)20-36)44-32(28)39-31(30)27-15-22(3)14-23(4)16-27/h8-9,11-12,14-17,21,24,26,39H,10,13,18-19H2,1-7H3,(H,38,40,42)/t24-,26?/m1/s1. The lowest BCUT2D eigenvalue weighted by Gasteiger charge is -2.23. The summed E-state index contributed by atoms with van der Waals surface area (Å²) in [6.07, 6.45) is 3.87. The zero-order valence-electron chi connectivity index (χ0n) is 26.7. The van der Waals surface area contributed by atoms with E-state index in [0.29, 0.717) is 18.4 Å². The maximum atomic E-state index is 12.8. The topological polar surface area (TPSA) is 106 Å². The fraction of sp³-hybridized carbons (Fsp3) is 0.429. The molecule has 44 heavy (non-hydrogen) atoms. The van der Waals surface area contributed by atoms with Gasteiger partial charge in [0.15, 0.2) is 0 Å². The smallest absolute Gasteiger partial charge is 0.414 e. The van der Waals surface area contributed by atoms with Crippen LogP contribution in [0.3, 0.4) is 0 Å². The number of fused-ring (bicyclic) bond motifs is 1. The second-order valence-corrected chi connectivity index (χ2v) is 13.8. The Morgan fingerprint density at radius 1 is 1.20 bits per heavy atom. The Bertz CT molecular complexity index is 1690. The molecule has 1 amide bonds. The number of carbonyl (C=O) groups excluding carboxylic acids is 1. The number of guanidine groups is 1. The van der Waals surface area contributed by atoms with Crippen LogP contribution in [-0.2, 0) is 10.2 Å². The van der Waals surface area contributed by atoms with E-state index in [0.717, 1.165) is 45.9 Å². The first-order valence-electron chi connectivity index (χ1n) is 15.3. The Morgan fingerprint density at radius 3 is 2.57 bits per heavy atom. The normalized spacial score (nSPS) is 16.4. The first kappa shape index (κ1) is 31.3. The summed E-state index contributed by atoms with van der Waals surface area (Å²) in [6.45, 7) is 16.0. The third-order valence-electron chi connectivity index (χ3n) is 8.17. The zero-order valence-corrected chi connectivity index (χ0v) is 27.5. The van der Waals surface area contributed by atoms with E-state index in [2.05, 4.69) is 83.4 Å². The van der Waals surface area contributed by atoms with Crippen LogP contribution in [0, 0.1) is 25.2 Å². The van der Waals surface area contributed by atoms with Gasteiger partial charge in [0.05, 0.1) is 23.3 Å². The van der Waals surface area contributed by atoms with E-state index in [4.69, 9.17) is 9.73 Å². The molecule has 1 aliphatic rings. The van der Waals surface area contributed by atoms with E-state index in [1.165, 1.54) is 22.3 Å². The van der Waals surface area contributed by atoms with Gasteiger partial charge in [0.2, 0.25) is 5.96 Å². The van der Waals surface area contributed by atoms with Crippen LogP contribution in [0.1, 0.15) is 80.0 Å². The highest BCUT2D eigenvalue weighted by atomic mass is 32.1. The van der Waals surface area contributed by atoms with Gasteiger partial charge in [-0.2, -0.15) is 5.26 Å². The third-order valence-corrected chi connectivity index (χ3v) is 9.54. The number of rotatable bonds is 7. The molecule has 2 atom stereocenters. The molecule has 0 bridgehead atoms. The largest absolute Gasteiger partial charge is 0.447 e. The molecule has 1 saturated heterocycles. The summed E-state index contributed by atoms with van der Waals surface area (Å²) in [5.74, 6) is 0.885. The zero-order chi connectivity index (χ0) is 31.6. The summed E-state index contributed by atoms with van der Waals surface area (Å²) in [4.78, 5) is 29.9. The molecular weight excluding hydrogens is 568 g/mol. The van der Waals surface area contributed by atoms with Gasteiger partial charge in [-0.1, -0.05) is 24.1 Å². The summed E-state index contributed by atoms with van der Waals surface area (Å²) in [5.41, 5.74) is 6.44. The summed E-state index contributed by atoms with van der Waals surface area (Å²) >= 11 is 1.64. The van der Waals surface area contributed by atoms with Crippen LogP contribution >= 0.6 is 11.3 Å². The molecular formula is C35H42N6O2S. The highest BCUT2D eigenvalue weighted by Gasteiger charge is 2.29. The number of benzene rings is 1. The minimum absolute atomic E-state index is 0.0173. The molecule has 230 valence electrons. The summed E-state index contributed by atoms with van der Waals surface area (Å²) in [5, 5.41) is 13.9. The molecule has 8 nitrogen and oxygen atoms in total. The van der Waals surface area contributed by atoms with Crippen molar-refractivity contribution in [2.45, 2.75) is 78.2 Å². The van der Waals surface area contributed by atoms with Crippen LogP contribution < -0.4 is 5.32 Å². The Labute approximate surface area is 264 Å². The molecule has 4 heterocycles. The predicted octanol–water partition coefficient (Wildman–Crippen LogP) is 7.79. The van der Waals surface area contributed by atoms with Crippen molar-refractivity contribution in [3.05, 3.63) is 75.9 Å². The lowest BCUT2D eigenvalue weighted by Crippen LogP contribution is -2.44. The third kappa shape index (κ3) is 6.81. The van der Waals surface area contributed by atoms with Gasteiger partial charge in [0.1, 0.15) is 4.83 Å². The Balaban J connectivity index is 1.51. The molecule has 0 spiro atoms. The molecule has 5 rings (SSSR count). The molecule has 1 fully saturated rings. The number of thiophene rings is 1. The van der Waals surface area contributed by atoms with Crippen molar-refractivity contribution in [1.82, 2.24) is 20.2 Å². The number of aryl methyl sites for hydroxylation is 2. The van der Waals surface area contributed by atoms with Crippen molar-refractivity contribution < 1.29 is 9.53 Å². The summed E-state index contributed by atoms with van der Waals surface area (Å²) in [6, 6.07) is 15.3. The Kier molecular flexibility index (Phi) is 9.12. The van der Waals surface area contributed by atoms with Crippen molar-refractivity contribution in [3.63, 3.8) is 0 Å². The number of aromatic amines is 1. The average Bonchev–Trinajstić information content (AvgIpc) is 3.70. The highest BCUT2D eigenvalue weighted by Crippen LogP contribution is 2.42. The number of H-pyrrole nitrogens is 1. The molecule has 1 aromatic carbocycles. The predicted molar refractivity (Wildman–Crippen MR) is 178 cm³/mol. The summed E-state index contributed by atoms with van der Waals surface area (Å²) < 4.78 is 5.44. The number of hydrogen-bond acceptors (Lipinski definition) is 6. The number of amides is 1. The fourth-order valence-electron chi connectivity index (χ4n) is 5.95. The van der Waals surface area contributed by atoms with Crippen molar-refractivity contribution in [2.24, 2.45) is 4.99 Å². The number of hydrogen-bond donors (Lipinski definition) is 2. The number of ether oxygens (including phenoxy) is 1. The fourth-order valence-corrected chi connectivity index (χ4v) is 7.08. The quantitative estimate of drug-likeness (QED) is 0.164. The second kappa shape index (κ2) is 12.8. The minimum atomic E-state index is -0.585. The molecule has 0 aliphatic carbocycles. The van der Waals surface area contributed by atoms with E-state index in [1.54, 1.807) is 11.3 Å². The van der Waals surface area contributed by atoms with Gasteiger partial charge >= 0.3 is 6.09 Å². The van der Waals surface area contributed by atoms with Crippen LogP contribution in [0.5, 0.6) is 0 Å². The number of nitrogens with one attached hydrogen (secondary N) is 2. The SMILES string of the molecule is Cc1cc(C)cc(-c2[nH]c3sc(C(C)(C)C#N)cc3c2[C@H](C)CN=C(NC(=O)OC(C)C)N2CCC(c3ccncc3)C2)c1. The van der Waals surface area contributed by atoms with E-state index in [-0.39, 0.29) is 12.0 Å². The second-order valence-electron chi connectivity index (χ2n) is 12.7. The average molecular weight is 611 g/mol. The van der Waals surface area contributed by atoms with E-state index >= 15 is 0 Å². The number of carbonyl (C=O) groups is 1. The molecule has 9 heteroatoms. The molecule has 0 radical (unpaired) electrons. The van der Waals surface area contributed by atoms with E-state index < -0.39 is 11.5 Å². The van der Waals surface area contributed by atoms with E-state index in [1.807, 2.05) is 40.1 Å². The maximum absolute atomic E-state index is 12.8. The molecule has 1 unspecified atom stereocenters. The molecule has 4 aromatic rings. The molecule has 3 aromatic heterocycles. The minimum Gasteiger partial charge on any atom is -0.447 e. The van der Waals surface area contributed by atoms with Crippen molar-refractivity contribution in [3.8, 4) is 17.3 Å². The summed E-state index contributed by atoms with van der Waals surface area (Å²) in [7, 11) is 0. The lowest BCUT2D eigenvalue weighted by atomic mass is 9.91. The number of pyridine rings is 1. The highest BCUT2D eigenvalue weighted by molar-refractivity contribution is 7.18. The van der Waals surface area contributed by atoms with Gasteiger partial charge in [-0.15, -0.1) is 11.3 Å². The number of aliphatic imine (C=N–C) groups is 1. The number of nitrogens with zero attached hydrogens (tertiary/aromatic N) is 4. The monoisotopic (exact) mass is 610 g/mol. The van der Waals surface area contributed by atoms with Crippen LogP contribution in [-0.4, -0.2) is 52.7 Å². The first-order chi connectivity index (χ1) is 20.9. The Morgan fingerprint density at radius 2 is 1.91 bits per heavy atom. The number of alkyl carbamates (subject to hydrolysis) is 1. The van der Waals surface area contributed by atoms with Crippen LogP contribution in [0.2, 0.25) is 0 Å². The van der Waals surface area contributed by atoms with Gasteiger partial charge in [-0.25, -0.2) is 4.79 Å². The lowest BCUT2D eigenvalue weighted by molar-refractivity contribution is 0.119. The number of nitriles is 1. The number of likely N-dealkylation sites (tertiary alicyclic amines) is 1. The van der Waals surface area contributed by atoms with Crippen LogP contribution in [0.25, 0.3) is 21.5 Å². The first-order valence-corrected chi connectivity index (χ1v) is 16.1. The van der Waals surface area contributed by atoms with Crippen LogP contribution in [0.4, 0.5) is 4.79 Å².